The number of benzene rings is 2. The van der Waals surface area contributed by atoms with E-state index in [0.29, 0.717) is 0 Å². The predicted octanol–water partition coefficient (Wildman–Crippen LogP) is 4.50. The van der Waals surface area contributed by atoms with E-state index in [1.165, 1.54) is 0 Å². The van der Waals surface area contributed by atoms with E-state index in [9.17, 15) is 4.79 Å². The Morgan fingerprint density at radius 1 is 1.00 bits per heavy atom. The molecule has 0 saturated carbocycles. The summed E-state index contributed by atoms with van der Waals surface area (Å²) in [5.41, 5.74) is 5.34. The molecule has 0 spiro atoms. The van der Waals surface area contributed by atoms with Crippen molar-refractivity contribution in [2.45, 2.75) is 19.8 Å². The minimum absolute atomic E-state index is 0.0899. The second-order valence-corrected chi connectivity index (χ2v) is 5.36. The highest BCUT2D eigenvalue weighted by atomic mass is 16.1. The number of ketones is 1. The first-order valence-corrected chi connectivity index (χ1v) is 7.44. The van der Waals surface area contributed by atoms with Crippen LogP contribution in [0.3, 0.4) is 0 Å². The summed E-state index contributed by atoms with van der Waals surface area (Å²) in [4.78, 5) is 12.7. The van der Waals surface area contributed by atoms with E-state index in [-0.39, 0.29) is 5.78 Å². The highest BCUT2D eigenvalue weighted by Gasteiger charge is 2.27. The molecule has 2 heteroatoms. The molecule has 0 unspecified atom stereocenters. The van der Waals surface area contributed by atoms with Crippen molar-refractivity contribution >= 4 is 17.0 Å². The first kappa shape index (κ1) is 13.6. The lowest BCUT2D eigenvalue weighted by Gasteiger charge is -2.23. The number of hydrogen-bond donors (Lipinski definition) is 1. The lowest BCUT2D eigenvalue weighted by Crippen LogP contribution is -2.16. The molecule has 0 bridgehead atoms. The normalized spacial score (nSPS) is 12.8. The Bertz CT molecular complexity index is 715. The fraction of sp³-hybridized carbons (Fsp3) is 0.211. The van der Waals surface area contributed by atoms with Crippen molar-refractivity contribution in [2.24, 2.45) is 0 Å². The summed E-state index contributed by atoms with van der Waals surface area (Å²) >= 11 is 0. The smallest absolute Gasteiger partial charge is 0.194 e. The Balaban J connectivity index is 2.08. The summed E-state index contributed by atoms with van der Waals surface area (Å²) in [5, 5.41) is 3.44. The number of carbonyl (C=O) groups is 1. The second-order valence-electron chi connectivity index (χ2n) is 5.36. The van der Waals surface area contributed by atoms with Crippen molar-refractivity contribution < 1.29 is 4.79 Å². The Labute approximate surface area is 125 Å². The summed E-state index contributed by atoms with van der Waals surface area (Å²) < 4.78 is 0. The molecule has 2 aromatic carbocycles. The van der Waals surface area contributed by atoms with Crippen molar-refractivity contribution in [3.05, 3.63) is 71.3 Å². The van der Waals surface area contributed by atoms with Crippen molar-refractivity contribution in [3.8, 4) is 0 Å². The monoisotopic (exact) mass is 277 g/mol. The van der Waals surface area contributed by atoms with E-state index in [2.05, 4.69) is 18.8 Å². The first-order chi connectivity index (χ1) is 10.2. The molecule has 0 amide bonds. The molecule has 1 N–H and O–H groups in total. The van der Waals surface area contributed by atoms with E-state index in [1.807, 2.05) is 42.5 Å². The van der Waals surface area contributed by atoms with Crippen LogP contribution in [0.4, 0.5) is 5.69 Å². The van der Waals surface area contributed by atoms with Gasteiger partial charge in [-0.25, -0.2) is 0 Å². The lowest BCUT2D eigenvalue weighted by molar-refractivity contribution is 0.103. The molecule has 3 rings (SSSR count). The minimum atomic E-state index is 0.0899. The Morgan fingerprint density at radius 3 is 2.48 bits per heavy atom. The Hall–Kier alpha value is -2.35. The van der Waals surface area contributed by atoms with Crippen molar-refractivity contribution in [3.63, 3.8) is 0 Å². The van der Waals surface area contributed by atoms with Crippen LogP contribution in [-0.4, -0.2) is 12.3 Å². The number of nitrogens with one attached hydrogen (secondary N) is 1. The van der Waals surface area contributed by atoms with Crippen LogP contribution in [0.1, 0.15) is 46.8 Å². The summed E-state index contributed by atoms with van der Waals surface area (Å²) in [7, 11) is 0. The molecule has 0 fully saturated rings. The number of hydrogen-bond acceptors (Lipinski definition) is 2. The molecule has 0 heterocycles. The largest absolute Gasteiger partial charge is 0.385 e. The van der Waals surface area contributed by atoms with Gasteiger partial charge in [0.1, 0.15) is 0 Å². The molecule has 0 atom stereocenters. The topological polar surface area (TPSA) is 29.1 Å². The van der Waals surface area contributed by atoms with Crippen LogP contribution in [0.2, 0.25) is 0 Å². The van der Waals surface area contributed by atoms with Gasteiger partial charge in [0.05, 0.1) is 0 Å². The van der Waals surface area contributed by atoms with E-state index in [0.717, 1.165) is 52.9 Å². The van der Waals surface area contributed by atoms with Crippen LogP contribution in [0, 0.1) is 0 Å². The maximum absolute atomic E-state index is 12.7. The third kappa shape index (κ3) is 2.27. The molecule has 2 nitrogen and oxygen atoms in total. The molecular formula is C19H19NO. The summed E-state index contributed by atoms with van der Waals surface area (Å²) in [5.74, 6) is 0.0899. The predicted molar refractivity (Wildman–Crippen MR) is 87.9 cm³/mol. The van der Waals surface area contributed by atoms with E-state index in [4.69, 9.17) is 0 Å². The van der Waals surface area contributed by atoms with Crippen LogP contribution in [-0.2, 0) is 0 Å². The fourth-order valence-electron chi connectivity index (χ4n) is 2.84. The molecule has 21 heavy (non-hydrogen) atoms. The standard InChI is InChI=1S/C19H19NO/c1-3-4-12-20-17-11-7-10-16-18(17)13(2)14-8-5-6-9-15(14)19(16)21/h5-11,20H,2-4,12H2,1H3. The van der Waals surface area contributed by atoms with Crippen LogP contribution in [0.15, 0.2) is 49.0 Å². The SMILES string of the molecule is C=C1c2ccccc2C(=O)c2cccc(NCCCC)c21. The van der Waals surface area contributed by atoms with Gasteiger partial charge < -0.3 is 5.32 Å². The second kappa shape index (κ2) is 5.57. The van der Waals surface area contributed by atoms with Gasteiger partial charge >= 0.3 is 0 Å². The van der Waals surface area contributed by atoms with Gasteiger partial charge in [0.15, 0.2) is 5.78 Å². The van der Waals surface area contributed by atoms with E-state index in [1.54, 1.807) is 0 Å². The fourth-order valence-corrected chi connectivity index (χ4v) is 2.84. The zero-order valence-electron chi connectivity index (χ0n) is 12.3. The van der Waals surface area contributed by atoms with Crippen LogP contribution in [0.5, 0.6) is 0 Å². The van der Waals surface area contributed by atoms with Gasteiger partial charge in [-0.15, -0.1) is 0 Å². The van der Waals surface area contributed by atoms with E-state index < -0.39 is 0 Å². The third-order valence-electron chi connectivity index (χ3n) is 3.95. The van der Waals surface area contributed by atoms with Crippen LogP contribution < -0.4 is 5.32 Å². The van der Waals surface area contributed by atoms with Gasteiger partial charge in [-0.05, 0) is 23.6 Å². The van der Waals surface area contributed by atoms with Crippen molar-refractivity contribution in [1.82, 2.24) is 0 Å². The maximum Gasteiger partial charge on any atom is 0.194 e. The minimum Gasteiger partial charge on any atom is -0.385 e. The van der Waals surface area contributed by atoms with E-state index >= 15 is 0 Å². The average Bonchev–Trinajstić information content (AvgIpc) is 2.53. The van der Waals surface area contributed by atoms with Gasteiger partial charge in [0, 0.05) is 28.9 Å². The summed E-state index contributed by atoms with van der Waals surface area (Å²) in [6.07, 6.45) is 2.26. The number of rotatable bonds is 4. The molecule has 2 aromatic rings. The number of carbonyl (C=O) groups excluding carboxylic acids is 1. The van der Waals surface area contributed by atoms with Gasteiger partial charge in [0.2, 0.25) is 0 Å². The molecule has 0 aromatic heterocycles. The van der Waals surface area contributed by atoms with Gasteiger partial charge in [0.25, 0.3) is 0 Å². The molecule has 0 aliphatic heterocycles. The molecule has 0 saturated heterocycles. The molecule has 0 radical (unpaired) electrons. The number of fused-ring (bicyclic) bond motifs is 2. The van der Waals surface area contributed by atoms with Crippen molar-refractivity contribution in [2.75, 3.05) is 11.9 Å². The number of anilines is 1. The highest BCUT2D eigenvalue weighted by molar-refractivity contribution is 6.19. The summed E-state index contributed by atoms with van der Waals surface area (Å²) in [6, 6.07) is 13.6. The highest BCUT2D eigenvalue weighted by Crippen LogP contribution is 2.38. The zero-order chi connectivity index (χ0) is 14.8. The Morgan fingerprint density at radius 2 is 1.71 bits per heavy atom. The quantitative estimate of drug-likeness (QED) is 0.711. The van der Waals surface area contributed by atoms with Gasteiger partial charge in [-0.1, -0.05) is 56.3 Å². The van der Waals surface area contributed by atoms with Gasteiger partial charge in [-0.2, -0.15) is 0 Å². The van der Waals surface area contributed by atoms with Crippen molar-refractivity contribution in [1.29, 1.82) is 0 Å². The number of unbranched alkanes of at least 4 members (excludes halogenated alkanes) is 1. The molecule has 1 aliphatic carbocycles. The van der Waals surface area contributed by atoms with Gasteiger partial charge in [-0.3, -0.25) is 4.79 Å². The third-order valence-corrected chi connectivity index (χ3v) is 3.95. The Kier molecular flexibility index (Phi) is 3.61. The average molecular weight is 277 g/mol. The molecule has 1 aliphatic rings. The van der Waals surface area contributed by atoms with Crippen LogP contribution >= 0.6 is 0 Å². The summed E-state index contributed by atoms with van der Waals surface area (Å²) in [6.45, 7) is 7.31. The molecule has 106 valence electrons. The maximum atomic E-state index is 12.7. The molecular weight excluding hydrogens is 258 g/mol. The first-order valence-electron chi connectivity index (χ1n) is 7.44. The lowest BCUT2D eigenvalue weighted by atomic mass is 9.81. The van der Waals surface area contributed by atoms with Crippen LogP contribution in [0.25, 0.3) is 5.57 Å². The zero-order valence-corrected chi connectivity index (χ0v) is 12.3.